The normalized spacial score (nSPS) is 15.5. The molecule has 0 unspecified atom stereocenters. The summed E-state index contributed by atoms with van der Waals surface area (Å²) in [6.07, 6.45) is 2.10. The zero-order valence-electron chi connectivity index (χ0n) is 16.5. The number of methoxy groups -OCH3 is 1. The van der Waals surface area contributed by atoms with Gasteiger partial charge in [-0.05, 0) is 37.6 Å². The molecule has 1 aromatic carbocycles. The minimum Gasteiger partial charge on any atom is -0.497 e. The van der Waals surface area contributed by atoms with Crippen molar-refractivity contribution in [3.8, 4) is 11.5 Å². The first-order valence-electron chi connectivity index (χ1n) is 9.48. The van der Waals surface area contributed by atoms with Crippen molar-refractivity contribution in [2.75, 3.05) is 53.6 Å². The van der Waals surface area contributed by atoms with Crippen LogP contribution < -0.4 is 20.1 Å². The summed E-state index contributed by atoms with van der Waals surface area (Å²) in [7, 11) is 3.20. The van der Waals surface area contributed by atoms with Gasteiger partial charge >= 0.3 is 6.61 Å². The summed E-state index contributed by atoms with van der Waals surface area (Å²) in [5.41, 5.74) is 0.565. The van der Waals surface area contributed by atoms with Crippen LogP contribution in [0.2, 0.25) is 0 Å². The average molecular weight is 400 g/mol. The number of ether oxygens (including phenoxy) is 3. The third-order valence-electron chi connectivity index (χ3n) is 4.45. The Morgan fingerprint density at radius 1 is 1.25 bits per heavy atom. The number of hydrogen-bond acceptors (Lipinski definition) is 5. The van der Waals surface area contributed by atoms with Gasteiger partial charge in [-0.15, -0.1) is 0 Å². The molecule has 1 fully saturated rings. The van der Waals surface area contributed by atoms with Crippen molar-refractivity contribution < 1.29 is 23.0 Å². The van der Waals surface area contributed by atoms with Crippen LogP contribution >= 0.6 is 0 Å². The van der Waals surface area contributed by atoms with E-state index in [1.54, 1.807) is 19.2 Å². The first kappa shape index (κ1) is 22.2. The monoisotopic (exact) mass is 400 g/mol. The third-order valence-corrected chi connectivity index (χ3v) is 4.45. The Morgan fingerprint density at radius 3 is 2.71 bits per heavy atom. The van der Waals surface area contributed by atoms with Gasteiger partial charge in [0.15, 0.2) is 5.96 Å². The number of benzene rings is 1. The Bertz CT molecular complexity index is 611. The van der Waals surface area contributed by atoms with Gasteiger partial charge in [-0.1, -0.05) is 0 Å². The Kier molecular flexibility index (Phi) is 9.78. The van der Waals surface area contributed by atoms with Gasteiger partial charge in [-0.3, -0.25) is 9.89 Å². The molecule has 1 saturated heterocycles. The summed E-state index contributed by atoms with van der Waals surface area (Å²) in [6, 6.07) is 4.73. The minimum atomic E-state index is -2.88. The molecule has 1 aromatic rings. The van der Waals surface area contributed by atoms with Gasteiger partial charge < -0.3 is 24.8 Å². The summed E-state index contributed by atoms with van der Waals surface area (Å²) in [6.45, 7) is 2.88. The Balaban J connectivity index is 1.75. The van der Waals surface area contributed by atoms with E-state index in [0.29, 0.717) is 17.3 Å². The number of nitrogens with one attached hydrogen (secondary N) is 2. The van der Waals surface area contributed by atoms with Crippen molar-refractivity contribution in [3.05, 3.63) is 23.8 Å². The molecule has 158 valence electrons. The average Bonchev–Trinajstić information content (AvgIpc) is 2.71. The zero-order chi connectivity index (χ0) is 20.2. The molecule has 0 radical (unpaired) electrons. The number of hydrogen-bond donors (Lipinski definition) is 2. The maximum absolute atomic E-state index is 12.6. The highest BCUT2D eigenvalue weighted by molar-refractivity contribution is 5.79. The van der Waals surface area contributed by atoms with E-state index >= 15 is 0 Å². The standard InChI is InChI=1S/C19H30F2N4O3/c1-22-19(23-7-3-4-8-25-9-11-27-12-10-25)24-14-15-13-16(26-2)5-6-17(15)28-18(20)21/h5-6,13,18H,3-4,7-12,14H2,1-2H3,(H2,22,23,24). The van der Waals surface area contributed by atoms with Crippen molar-refractivity contribution in [3.63, 3.8) is 0 Å². The quantitative estimate of drug-likeness (QED) is 0.356. The minimum absolute atomic E-state index is 0.115. The Hall–Kier alpha value is -2.13. The third kappa shape index (κ3) is 7.85. The number of nitrogens with zero attached hydrogens (tertiary/aromatic N) is 2. The van der Waals surface area contributed by atoms with Crippen LogP contribution in [0.25, 0.3) is 0 Å². The zero-order valence-corrected chi connectivity index (χ0v) is 16.5. The molecule has 0 amide bonds. The molecule has 0 aromatic heterocycles. The Morgan fingerprint density at radius 2 is 2.04 bits per heavy atom. The van der Waals surface area contributed by atoms with Crippen molar-refractivity contribution in [1.82, 2.24) is 15.5 Å². The summed E-state index contributed by atoms with van der Waals surface area (Å²) < 4.78 is 40.3. The highest BCUT2D eigenvalue weighted by Gasteiger charge is 2.12. The number of alkyl halides is 2. The highest BCUT2D eigenvalue weighted by Crippen LogP contribution is 2.25. The lowest BCUT2D eigenvalue weighted by atomic mass is 10.2. The molecule has 0 atom stereocenters. The molecule has 0 spiro atoms. The van der Waals surface area contributed by atoms with Crippen LogP contribution in [0.15, 0.2) is 23.2 Å². The number of rotatable bonds is 10. The van der Waals surface area contributed by atoms with Crippen LogP contribution in [-0.2, 0) is 11.3 Å². The molecule has 2 N–H and O–H groups in total. The van der Waals surface area contributed by atoms with Gasteiger partial charge in [0, 0.05) is 38.8 Å². The molecule has 1 heterocycles. The molecule has 7 nitrogen and oxygen atoms in total. The molecule has 2 rings (SSSR count). The fraction of sp³-hybridized carbons (Fsp3) is 0.632. The largest absolute Gasteiger partial charge is 0.497 e. The molecule has 9 heteroatoms. The topological polar surface area (TPSA) is 67.4 Å². The highest BCUT2D eigenvalue weighted by atomic mass is 19.3. The summed E-state index contributed by atoms with van der Waals surface area (Å²) in [5, 5.41) is 6.36. The molecule has 1 aliphatic rings. The molecular weight excluding hydrogens is 370 g/mol. The van der Waals surface area contributed by atoms with E-state index in [9.17, 15) is 8.78 Å². The van der Waals surface area contributed by atoms with Gasteiger partial charge in [0.25, 0.3) is 0 Å². The lowest BCUT2D eigenvalue weighted by Crippen LogP contribution is -2.38. The van der Waals surface area contributed by atoms with Crippen LogP contribution in [-0.4, -0.2) is 71.0 Å². The number of guanidine groups is 1. The second kappa shape index (κ2) is 12.4. The lowest BCUT2D eigenvalue weighted by Gasteiger charge is -2.26. The maximum Gasteiger partial charge on any atom is 0.387 e. The molecule has 0 aliphatic carbocycles. The van der Waals surface area contributed by atoms with E-state index in [-0.39, 0.29) is 12.3 Å². The number of aliphatic imine (C=N–C) groups is 1. The van der Waals surface area contributed by atoms with E-state index in [4.69, 9.17) is 9.47 Å². The number of morpholine rings is 1. The predicted octanol–water partition coefficient (Wildman–Crippen LogP) is 2.07. The van der Waals surface area contributed by atoms with Gasteiger partial charge in [0.2, 0.25) is 0 Å². The van der Waals surface area contributed by atoms with Crippen LogP contribution in [0.5, 0.6) is 11.5 Å². The first-order chi connectivity index (χ1) is 13.6. The summed E-state index contributed by atoms with van der Waals surface area (Å²) >= 11 is 0. The van der Waals surface area contributed by atoms with Crippen molar-refractivity contribution >= 4 is 5.96 Å². The maximum atomic E-state index is 12.6. The van der Waals surface area contributed by atoms with E-state index in [0.717, 1.165) is 52.2 Å². The molecule has 1 aliphatic heterocycles. The van der Waals surface area contributed by atoms with Crippen LogP contribution in [0, 0.1) is 0 Å². The number of unbranched alkanes of at least 4 members (excludes halogenated alkanes) is 1. The fourth-order valence-electron chi connectivity index (χ4n) is 2.92. The first-order valence-corrected chi connectivity index (χ1v) is 9.48. The van der Waals surface area contributed by atoms with E-state index in [1.807, 2.05) is 0 Å². The second-order valence-corrected chi connectivity index (χ2v) is 6.37. The summed E-state index contributed by atoms with van der Waals surface area (Å²) in [4.78, 5) is 6.58. The molecule has 0 bridgehead atoms. The van der Waals surface area contributed by atoms with Crippen molar-refractivity contribution in [2.24, 2.45) is 4.99 Å². The lowest BCUT2D eigenvalue weighted by molar-refractivity contribution is -0.0504. The molecular formula is C19H30F2N4O3. The van der Waals surface area contributed by atoms with Crippen molar-refractivity contribution in [2.45, 2.75) is 26.0 Å². The van der Waals surface area contributed by atoms with E-state index < -0.39 is 6.61 Å². The van der Waals surface area contributed by atoms with Crippen LogP contribution in [0.1, 0.15) is 18.4 Å². The van der Waals surface area contributed by atoms with Gasteiger partial charge in [-0.2, -0.15) is 8.78 Å². The second-order valence-electron chi connectivity index (χ2n) is 6.37. The molecule has 0 saturated carbocycles. The SMILES string of the molecule is CN=C(NCCCCN1CCOCC1)NCc1cc(OC)ccc1OC(F)F. The van der Waals surface area contributed by atoms with Crippen LogP contribution in [0.4, 0.5) is 8.78 Å². The van der Waals surface area contributed by atoms with Gasteiger partial charge in [0.05, 0.1) is 20.3 Å². The fourth-order valence-corrected chi connectivity index (χ4v) is 2.92. The van der Waals surface area contributed by atoms with Crippen LogP contribution in [0.3, 0.4) is 0 Å². The molecule has 28 heavy (non-hydrogen) atoms. The van der Waals surface area contributed by atoms with E-state index in [1.165, 1.54) is 13.2 Å². The van der Waals surface area contributed by atoms with Gasteiger partial charge in [0.1, 0.15) is 11.5 Å². The Labute approximate surface area is 165 Å². The predicted molar refractivity (Wildman–Crippen MR) is 104 cm³/mol. The summed E-state index contributed by atoms with van der Waals surface area (Å²) in [5.74, 6) is 1.30. The smallest absolute Gasteiger partial charge is 0.387 e. The number of halogens is 2. The van der Waals surface area contributed by atoms with E-state index in [2.05, 4.69) is 25.3 Å². The van der Waals surface area contributed by atoms with Gasteiger partial charge in [-0.25, -0.2) is 0 Å². The van der Waals surface area contributed by atoms with Crippen molar-refractivity contribution in [1.29, 1.82) is 0 Å².